The average Bonchev–Trinajstić information content (AvgIpc) is 2.54. The van der Waals surface area contributed by atoms with Crippen molar-refractivity contribution in [3.63, 3.8) is 0 Å². The van der Waals surface area contributed by atoms with E-state index in [1.807, 2.05) is 37.3 Å². The molecule has 1 atom stereocenters. The number of hydrogen-bond donors (Lipinski definition) is 1. The maximum absolute atomic E-state index is 12.3. The number of benzene rings is 2. The molecule has 23 heavy (non-hydrogen) atoms. The monoisotopic (exact) mass is 313 g/mol. The minimum absolute atomic E-state index is 0.0879. The molecule has 1 N–H and O–H groups in total. The van der Waals surface area contributed by atoms with Crippen LogP contribution in [0.15, 0.2) is 48.5 Å². The standard InChI is InChI=1S/C17H19N3O3/c1-12(13-7-5-4-6-8-13)18-17(21)14-9-10-15(19(2)3)16(11-14)20(22)23/h4-12H,1-3H3,(H,18,21). The summed E-state index contributed by atoms with van der Waals surface area (Å²) in [5.74, 6) is -0.338. The number of carbonyl (C=O) groups excluding carboxylic acids is 1. The van der Waals surface area contributed by atoms with Gasteiger partial charge in [0.1, 0.15) is 5.69 Å². The average molecular weight is 313 g/mol. The Bertz CT molecular complexity index is 714. The molecule has 2 aromatic rings. The zero-order valence-corrected chi connectivity index (χ0v) is 13.3. The van der Waals surface area contributed by atoms with Crippen molar-refractivity contribution in [1.82, 2.24) is 5.32 Å². The Hall–Kier alpha value is -2.89. The molecule has 0 fully saturated rings. The van der Waals surface area contributed by atoms with Gasteiger partial charge in [0.05, 0.1) is 11.0 Å². The van der Waals surface area contributed by atoms with Crippen molar-refractivity contribution in [1.29, 1.82) is 0 Å². The highest BCUT2D eigenvalue weighted by Gasteiger charge is 2.19. The first-order valence-corrected chi connectivity index (χ1v) is 7.21. The van der Waals surface area contributed by atoms with Gasteiger partial charge in [0, 0.05) is 25.7 Å². The van der Waals surface area contributed by atoms with Gasteiger partial charge in [-0.25, -0.2) is 0 Å². The third-order valence-electron chi connectivity index (χ3n) is 3.56. The van der Waals surface area contributed by atoms with Gasteiger partial charge in [0.2, 0.25) is 0 Å². The fourth-order valence-corrected chi connectivity index (χ4v) is 2.29. The van der Waals surface area contributed by atoms with Crippen molar-refractivity contribution in [2.24, 2.45) is 0 Å². The Morgan fingerprint density at radius 2 is 1.83 bits per heavy atom. The lowest BCUT2D eigenvalue weighted by molar-refractivity contribution is -0.384. The minimum Gasteiger partial charge on any atom is -0.372 e. The number of rotatable bonds is 5. The smallest absolute Gasteiger partial charge is 0.293 e. The lowest BCUT2D eigenvalue weighted by atomic mass is 10.1. The fourth-order valence-electron chi connectivity index (χ4n) is 2.29. The minimum atomic E-state index is -0.479. The first-order chi connectivity index (χ1) is 10.9. The summed E-state index contributed by atoms with van der Waals surface area (Å²) in [5.41, 5.74) is 1.61. The number of nitro benzene ring substituents is 1. The summed E-state index contributed by atoms with van der Waals surface area (Å²) in [5, 5.41) is 14.0. The molecule has 0 radical (unpaired) electrons. The molecule has 0 aliphatic heterocycles. The first-order valence-electron chi connectivity index (χ1n) is 7.21. The number of hydrogen-bond acceptors (Lipinski definition) is 4. The van der Waals surface area contributed by atoms with E-state index in [1.54, 1.807) is 31.1 Å². The van der Waals surface area contributed by atoms with Crippen LogP contribution >= 0.6 is 0 Å². The zero-order chi connectivity index (χ0) is 17.0. The Kier molecular flexibility index (Phi) is 4.95. The molecule has 0 spiro atoms. The van der Waals surface area contributed by atoms with E-state index in [0.29, 0.717) is 5.69 Å². The number of nitrogens with zero attached hydrogens (tertiary/aromatic N) is 2. The van der Waals surface area contributed by atoms with E-state index in [2.05, 4.69) is 5.32 Å². The van der Waals surface area contributed by atoms with Gasteiger partial charge >= 0.3 is 0 Å². The van der Waals surface area contributed by atoms with Crippen LogP contribution in [0.1, 0.15) is 28.9 Å². The molecule has 0 saturated heterocycles. The molecule has 0 bridgehead atoms. The molecule has 0 aliphatic carbocycles. The van der Waals surface area contributed by atoms with Gasteiger partial charge in [0.15, 0.2) is 0 Å². The molecule has 120 valence electrons. The second kappa shape index (κ2) is 6.91. The van der Waals surface area contributed by atoms with Gasteiger partial charge in [-0.05, 0) is 24.6 Å². The molecule has 1 amide bonds. The first kappa shape index (κ1) is 16.5. The van der Waals surface area contributed by atoms with Crippen molar-refractivity contribution in [2.75, 3.05) is 19.0 Å². The summed E-state index contributed by atoms with van der Waals surface area (Å²) in [6.45, 7) is 1.87. The lowest BCUT2D eigenvalue weighted by Gasteiger charge is -2.16. The molecular formula is C17H19N3O3. The Labute approximate surface area is 134 Å². The molecular weight excluding hydrogens is 294 g/mol. The van der Waals surface area contributed by atoms with Crippen molar-refractivity contribution in [3.8, 4) is 0 Å². The fraction of sp³-hybridized carbons (Fsp3) is 0.235. The lowest BCUT2D eigenvalue weighted by Crippen LogP contribution is -2.26. The van der Waals surface area contributed by atoms with Crippen LogP contribution in [-0.2, 0) is 0 Å². The third kappa shape index (κ3) is 3.85. The van der Waals surface area contributed by atoms with Crippen LogP contribution in [-0.4, -0.2) is 24.9 Å². The maximum atomic E-state index is 12.3. The van der Waals surface area contributed by atoms with Crippen LogP contribution < -0.4 is 10.2 Å². The highest BCUT2D eigenvalue weighted by atomic mass is 16.6. The van der Waals surface area contributed by atoms with Crippen LogP contribution in [0.5, 0.6) is 0 Å². The number of nitrogens with one attached hydrogen (secondary N) is 1. The molecule has 6 nitrogen and oxygen atoms in total. The number of nitro groups is 1. The van der Waals surface area contributed by atoms with E-state index in [0.717, 1.165) is 5.56 Å². The van der Waals surface area contributed by atoms with Gasteiger partial charge in [-0.15, -0.1) is 0 Å². The molecule has 0 saturated carbocycles. The van der Waals surface area contributed by atoms with Crippen molar-refractivity contribution in [3.05, 3.63) is 69.8 Å². The zero-order valence-electron chi connectivity index (χ0n) is 13.3. The van der Waals surface area contributed by atoms with E-state index in [4.69, 9.17) is 0 Å². The maximum Gasteiger partial charge on any atom is 0.293 e. The normalized spacial score (nSPS) is 11.6. The van der Waals surface area contributed by atoms with Gasteiger partial charge in [-0.3, -0.25) is 14.9 Å². The predicted octanol–water partition coefficient (Wildman–Crippen LogP) is 3.15. The quantitative estimate of drug-likeness (QED) is 0.679. The van der Waals surface area contributed by atoms with Crippen molar-refractivity contribution in [2.45, 2.75) is 13.0 Å². The second-order valence-corrected chi connectivity index (χ2v) is 5.46. The topological polar surface area (TPSA) is 75.5 Å². The molecule has 2 rings (SSSR count). The number of anilines is 1. The summed E-state index contributed by atoms with van der Waals surface area (Å²) in [6, 6.07) is 13.8. The van der Waals surface area contributed by atoms with E-state index < -0.39 is 4.92 Å². The number of carbonyl (C=O) groups is 1. The molecule has 0 heterocycles. The van der Waals surface area contributed by atoms with Crippen LogP contribution in [0.3, 0.4) is 0 Å². The van der Waals surface area contributed by atoms with Crippen molar-refractivity contribution < 1.29 is 9.72 Å². The van der Waals surface area contributed by atoms with E-state index in [1.165, 1.54) is 6.07 Å². The SMILES string of the molecule is CC(NC(=O)c1ccc(N(C)C)c([N+](=O)[O-])c1)c1ccccc1. The summed E-state index contributed by atoms with van der Waals surface area (Å²) < 4.78 is 0. The molecule has 2 aromatic carbocycles. The van der Waals surface area contributed by atoms with E-state index in [9.17, 15) is 14.9 Å². The van der Waals surface area contributed by atoms with E-state index >= 15 is 0 Å². The Morgan fingerprint density at radius 3 is 2.39 bits per heavy atom. The summed E-state index contributed by atoms with van der Waals surface area (Å²) in [6.07, 6.45) is 0. The Morgan fingerprint density at radius 1 is 1.17 bits per heavy atom. The molecule has 1 unspecified atom stereocenters. The van der Waals surface area contributed by atoms with Crippen molar-refractivity contribution >= 4 is 17.3 Å². The highest BCUT2D eigenvalue weighted by molar-refractivity contribution is 5.96. The largest absolute Gasteiger partial charge is 0.372 e. The summed E-state index contributed by atoms with van der Waals surface area (Å²) in [4.78, 5) is 24.7. The van der Waals surface area contributed by atoms with Gasteiger partial charge in [-0.1, -0.05) is 30.3 Å². The van der Waals surface area contributed by atoms with Gasteiger partial charge in [-0.2, -0.15) is 0 Å². The van der Waals surface area contributed by atoms with Gasteiger partial charge in [0.25, 0.3) is 11.6 Å². The molecule has 0 aromatic heterocycles. The van der Waals surface area contributed by atoms with E-state index in [-0.39, 0.29) is 23.2 Å². The summed E-state index contributed by atoms with van der Waals surface area (Å²) in [7, 11) is 3.44. The highest BCUT2D eigenvalue weighted by Crippen LogP contribution is 2.27. The third-order valence-corrected chi connectivity index (χ3v) is 3.56. The predicted molar refractivity (Wildman–Crippen MR) is 89.7 cm³/mol. The summed E-state index contributed by atoms with van der Waals surface area (Å²) >= 11 is 0. The Balaban J connectivity index is 2.23. The second-order valence-electron chi connectivity index (χ2n) is 5.46. The molecule has 0 aliphatic rings. The van der Waals surface area contributed by atoms with Crippen LogP contribution in [0.4, 0.5) is 11.4 Å². The van der Waals surface area contributed by atoms with Gasteiger partial charge < -0.3 is 10.2 Å². The van der Waals surface area contributed by atoms with Crippen LogP contribution in [0, 0.1) is 10.1 Å². The van der Waals surface area contributed by atoms with Crippen LogP contribution in [0.2, 0.25) is 0 Å². The van der Waals surface area contributed by atoms with Crippen LogP contribution in [0.25, 0.3) is 0 Å². The number of amides is 1. The molecule has 6 heteroatoms.